The lowest BCUT2D eigenvalue weighted by Crippen LogP contribution is -2.15. The molecule has 2 N–H and O–H groups in total. The summed E-state index contributed by atoms with van der Waals surface area (Å²) in [4.78, 5) is 0. The van der Waals surface area contributed by atoms with E-state index in [4.69, 9.17) is 11.6 Å². The van der Waals surface area contributed by atoms with Crippen LogP contribution in [0.15, 0.2) is 18.2 Å². The number of hydrogen-bond acceptors (Lipinski definition) is 3. The highest BCUT2D eigenvalue weighted by molar-refractivity contribution is 7.84. The van der Waals surface area contributed by atoms with Crippen LogP contribution in [0.5, 0.6) is 0 Å². The van der Waals surface area contributed by atoms with Gasteiger partial charge in [-0.2, -0.15) is 8.42 Å². The zero-order valence-corrected chi connectivity index (χ0v) is 8.48. The maximum Gasteiger partial charge on any atom is 0.333 e. The van der Waals surface area contributed by atoms with Crippen LogP contribution in [0.3, 0.4) is 0 Å². The molecule has 7 heteroatoms. The van der Waals surface area contributed by atoms with Gasteiger partial charge in [-0.05, 0) is 12.1 Å². The van der Waals surface area contributed by atoms with Crippen molar-refractivity contribution in [3.63, 3.8) is 0 Å². The van der Waals surface area contributed by atoms with Crippen LogP contribution in [0.4, 0.5) is 4.39 Å². The van der Waals surface area contributed by atoms with Crippen LogP contribution in [0, 0.1) is 5.82 Å². The van der Waals surface area contributed by atoms with E-state index < -0.39 is 22.7 Å². The monoisotopic (exact) mass is 239 g/mol. The highest BCUT2D eigenvalue weighted by atomic mass is 35.5. The van der Waals surface area contributed by atoms with Gasteiger partial charge in [0, 0.05) is 10.6 Å². The minimum absolute atomic E-state index is 0.0726. The lowest BCUT2D eigenvalue weighted by molar-refractivity contribution is 0.303. The molecule has 0 amide bonds. The average Bonchev–Trinajstić information content (AvgIpc) is 2.00. The van der Waals surface area contributed by atoms with Crippen LogP contribution in [-0.2, 0) is 21.1 Å². The van der Waals surface area contributed by atoms with Gasteiger partial charge in [0.15, 0.2) is 0 Å². The summed E-state index contributed by atoms with van der Waals surface area (Å²) in [5, 5.41) is 4.79. The second kappa shape index (κ2) is 4.22. The Morgan fingerprint density at radius 2 is 2.14 bits per heavy atom. The minimum atomic E-state index is -4.05. The molecule has 0 spiro atoms. The molecule has 4 nitrogen and oxygen atoms in total. The largest absolute Gasteiger partial charge is 0.333 e. The van der Waals surface area contributed by atoms with Crippen molar-refractivity contribution in [2.24, 2.45) is 5.14 Å². The van der Waals surface area contributed by atoms with Crippen LogP contribution >= 0.6 is 11.6 Å². The maximum atomic E-state index is 13.0. The van der Waals surface area contributed by atoms with Crippen LogP contribution in [0.1, 0.15) is 5.56 Å². The van der Waals surface area contributed by atoms with Crippen molar-refractivity contribution in [3.05, 3.63) is 34.6 Å². The molecule has 0 aliphatic rings. The Kier molecular flexibility index (Phi) is 3.43. The first-order chi connectivity index (χ1) is 6.38. The van der Waals surface area contributed by atoms with Gasteiger partial charge < -0.3 is 0 Å². The summed E-state index contributed by atoms with van der Waals surface area (Å²) in [5.41, 5.74) is 0.0726. The molecule has 1 aromatic rings. The Balaban J connectivity index is 2.78. The van der Waals surface area contributed by atoms with Crippen LogP contribution in [0.2, 0.25) is 5.02 Å². The second-order valence-corrected chi connectivity index (χ2v) is 4.15. The Hall–Kier alpha value is -0.690. The van der Waals surface area contributed by atoms with Gasteiger partial charge in [-0.25, -0.2) is 9.53 Å². The van der Waals surface area contributed by atoms with E-state index in [2.05, 4.69) is 9.32 Å². The lowest BCUT2D eigenvalue weighted by atomic mass is 10.2. The predicted molar refractivity (Wildman–Crippen MR) is 49.3 cm³/mol. The number of halogens is 2. The summed E-state index contributed by atoms with van der Waals surface area (Å²) in [6.45, 7) is -0.443. The quantitative estimate of drug-likeness (QED) is 0.862. The third-order valence-electron chi connectivity index (χ3n) is 1.39. The third kappa shape index (κ3) is 3.59. The molecule has 1 rings (SSSR count). The highest BCUT2D eigenvalue weighted by Gasteiger charge is 2.07. The van der Waals surface area contributed by atoms with E-state index in [1.807, 2.05) is 0 Å². The van der Waals surface area contributed by atoms with Crippen LogP contribution in [0.25, 0.3) is 0 Å². The van der Waals surface area contributed by atoms with E-state index >= 15 is 0 Å². The van der Waals surface area contributed by atoms with E-state index in [1.54, 1.807) is 0 Å². The van der Waals surface area contributed by atoms with Gasteiger partial charge in [-0.15, -0.1) is 0 Å². The molecule has 78 valence electrons. The standard InChI is InChI=1S/C7H7ClFNO3S/c8-6-2-1-5(7(9)3-6)4-13-14(10,11)12/h1-3H,4H2,(H2,10,11,12). The number of nitrogens with two attached hydrogens (primary N) is 1. The first kappa shape index (κ1) is 11.4. The van der Waals surface area contributed by atoms with E-state index in [-0.39, 0.29) is 10.6 Å². The Bertz CT molecular complexity index is 435. The van der Waals surface area contributed by atoms with Gasteiger partial charge in [-0.3, -0.25) is 4.18 Å². The third-order valence-corrected chi connectivity index (χ3v) is 2.08. The Morgan fingerprint density at radius 1 is 1.50 bits per heavy atom. The summed E-state index contributed by atoms with van der Waals surface area (Å²) in [6.07, 6.45) is 0. The highest BCUT2D eigenvalue weighted by Crippen LogP contribution is 2.15. The Labute approximate surface area is 85.7 Å². The molecule has 0 radical (unpaired) electrons. The number of hydrogen-bond donors (Lipinski definition) is 1. The van der Waals surface area contributed by atoms with Gasteiger partial charge >= 0.3 is 10.3 Å². The fraction of sp³-hybridized carbons (Fsp3) is 0.143. The molecular weight excluding hydrogens is 233 g/mol. The molecule has 0 saturated heterocycles. The molecule has 0 unspecified atom stereocenters. The van der Waals surface area contributed by atoms with Gasteiger partial charge in [0.25, 0.3) is 0 Å². The first-order valence-corrected chi connectivity index (χ1v) is 5.34. The summed E-state index contributed by atoms with van der Waals surface area (Å²) >= 11 is 5.48. The van der Waals surface area contributed by atoms with Crippen molar-refractivity contribution in [1.82, 2.24) is 0 Å². The topological polar surface area (TPSA) is 69.4 Å². The molecule has 0 heterocycles. The summed E-state index contributed by atoms with van der Waals surface area (Å²) in [6, 6.07) is 3.80. The molecule has 0 atom stereocenters. The molecule has 0 bridgehead atoms. The molecule has 0 fully saturated rings. The fourth-order valence-corrected chi connectivity index (χ4v) is 1.23. The zero-order chi connectivity index (χ0) is 10.8. The molecule has 14 heavy (non-hydrogen) atoms. The minimum Gasteiger partial charge on any atom is -0.253 e. The van der Waals surface area contributed by atoms with Crippen molar-refractivity contribution in [2.75, 3.05) is 0 Å². The summed E-state index contributed by atoms with van der Waals surface area (Å²) in [5.74, 6) is -0.638. The van der Waals surface area contributed by atoms with Crippen LogP contribution in [-0.4, -0.2) is 8.42 Å². The molecule has 0 aliphatic carbocycles. The first-order valence-electron chi connectivity index (χ1n) is 3.49. The van der Waals surface area contributed by atoms with Crippen LogP contribution < -0.4 is 5.14 Å². The molecule has 0 saturated carbocycles. The smallest absolute Gasteiger partial charge is 0.253 e. The predicted octanol–water partition coefficient (Wildman–Crippen LogP) is 1.20. The van der Waals surface area contributed by atoms with E-state index in [0.29, 0.717) is 0 Å². The SMILES string of the molecule is NS(=O)(=O)OCc1ccc(Cl)cc1F. The van der Waals surface area contributed by atoms with E-state index in [0.717, 1.165) is 6.07 Å². The second-order valence-electron chi connectivity index (χ2n) is 2.49. The van der Waals surface area contributed by atoms with E-state index in [1.165, 1.54) is 12.1 Å². The van der Waals surface area contributed by atoms with Crippen molar-refractivity contribution >= 4 is 21.9 Å². The molecule has 1 aromatic carbocycles. The summed E-state index contributed by atoms with van der Waals surface area (Å²) < 4.78 is 38.0. The Morgan fingerprint density at radius 3 is 2.64 bits per heavy atom. The van der Waals surface area contributed by atoms with Crippen molar-refractivity contribution in [3.8, 4) is 0 Å². The van der Waals surface area contributed by atoms with Crippen molar-refractivity contribution in [1.29, 1.82) is 0 Å². The van der Waals surface area contributed by atoms with Gasteiger partial charge in [0.05, 0.1) is 6.61 Å². The average molecular weight is 240 g/mol. The normalized spacial score (nSPS) is 11.6. The van der Waals surface area contributed by atoms with Gasteiger partial charge in [0.1, 0.15) is 5.82 Å². The lowest BCUT2D eigenvalue weighted by Gasteiger charge is -2.02. The maximum absolute atomic E-state index is 13.0. The molecular formula is C7H7ClFNO3S. The van der Waals surface area contributed by atoms with Crippen molar-refractivity contribution < 1.29 is 17.0 Å². The van der Waals surface area contributed by atoms with E-state index in [9.17, 15) is 12.8 Å². The van der Waals surface area contributed by atoms with Crippen molar-refractivity contribution in [2.45, 2.75) is 6.61 Å². The fourth-order valence-electron chi connectivity index (χ4n) is 0.784. The van der Waals surface area contributed by atoms with Gasteiger partial charge in [0.2, 0.25) is 0 Å². The van der Waals surface area contributed by atoms with Gasteiger partial charge in [-0.1, -0.05) is 17.7 Å². The number of rotatable bonds is 3. The summed E-state index contributed by atoms with van der Waals surface area (Å²) in [7, 11) is -4.05. The number of benzene rings is 1. The zero-order valence-electron chi connectivity index (χ0n) is 6.91. The molecule has 0 aromatic heterocycles. The molecule has 0 aliphatic heterocycles.